The molecule has 0 fully saturated rings. The first-order valence-electron chi connectivity index (χ1n) is 31.3. The Morgan fingerprint density at radius 2 is 1.08 bits per heavy atom. The fourth-order valence-corrected chi connectivity index (χ4v) is 16.7. The van der Waals surface area contributed by atoms with Gasteiger partial charge in [0, 0.05) is 76.3 Å². The Morgan fingerprint density at radius 1 is 0.494 bits per heavy atom. The summed E-state index contributed by atoms with van der Waals surface area (Å²) >= 11 is 1.94. The molecule has 15 rings (SSSR count). The van der Waals surface area contributed by atoms with Gasteiger partial charge in [-0.3, -0.25) is 0 Å². The van der Waals surface area contributed by atoms with Crippen molar-refractivity contribution in [2.75, 3.05) is 14.6 Å². The van der Waals surface area contributed by atoms with Crippen molar-refractivity contribution in [3.8, 4) is 11.1 Å². The summed E-state index contributed by atoms with van der Waals surface area (Å²) in [6.45, 7) is 35.8. The number of nitrogens with zero attached hydrogens (tertiary/aromatic N) is 3. The van der Waals surface area contributed by atoms with Gasteiger partial charge in [-0.05, 0) is 199 Å². The molecule has 0 saturated carbocycles. The van der Waals surface area contributed by atoms with Crippen molar-refractivity contribution in [3.63, 3.8) is 0 Å². The minimum absolute atomic E-state index is 0.00104. The number of benzene rings is 9. The van der Waals surface area contributed by atoms with E-state index in [0.717, 1.165) is 76.1 Å². The van der Waals surface area contributed by atoms with Crippen LogP contribution in [0.5, 0.6) is 0 Å². The summed E-state index contributed by atoms with van der Waals surface area (Å²) in [5.74, 6) is 0. The van der Waals surface area contributed by atoms with Crippen LogP contribution in [0.25, 0.3) is 53.2 Å². The van der Waals surface area contributed by atoms with E-state index in [0.29, 0.717) is 0 Å². The molecule has 85 heavy (non-hydrogen) atoms. The Morgan fingerprint density at radius 3 is 1.74 bits per heavy atom. The van der Waals surface area contributed by atoms with Gasteiger partial charge in [0.1, 0.15) is 5.58 Å². The van der Waals surface area contributed by atoms with Gasteiger partial charge in [0.25, 0.3) is 0 Å². The Labute approximate surface area is 508 Å². The van der Waals surface area contributed by atoms with Crippen molar-refractivity contribution in [2.24, 2.45) is 0 Å². The maximum atomic E-state index is 7.54. The van der Waals surface area contributed by atoms with E-state index < -0.39 is 0 Å². The first-order valence-corrected chi connectivity index (χ1v) is 32.1. The topological polar surface area (TPSA) is 22.9 Å². The first kappa shape index (κ1) is 54.1. The molecule has 0 spiro atoms. The molecule has 9 aromatic carbocycles. The second kappa shape index (κ2) is 18.3. The van der Waals surface area contributed by atoms with Gasteiger partial charge in [0.05, 0.1) is 5.69 Å². The average Bonchev–Trinajstić information content (AvgIpc) is 1.67. The number of hydrogen-bond acceptors (Lipinski definition) is 5. The van der Waals surface area contributed by atoms with Crippen LogP contribution in [0.4, 0.5) is 45.5 Å². The number of para-hydroxylation sites is 1. The van der Waals surface area contributed by atoms with Gasteiger partial charge in [-0.1, -0.05) is 182 Å². The molecule has 2 aliphatic heterocycles. The molecule has 0 amide bonds. The van der Waals surface area contributed by atoms with Crippen LogP contribution in [-0.4, -0.2) is 6.85 Å². The number of rotatable bonds is 5. The highest BCUT2D eigenvalue weighted by atomic mass is 32.1. The Balaban J connectivity index is 1.11. The fraction of sp³-hybridized carbons (Fsp3) is 0.316. The Kier molecular flexibility index (Phi) is 11.6. The van der Waals surface area contributed by atoms with Crippen molar-refractivity contribution >= 4 is 117 Å². The average molecular weight is 1130 g/mol. The fourth-order valence-electron chi connectivity index (χ4n) is 15.5. The number of anilines is 8. The minimum atomic E-state index is -0.241. The van der Waals surface area contributed by atoms with Crippen molar-refractivity contribution in [1.82, 2.24) is 0 Å². The largest absolute Gasteiger partial charge is 0.454 e. The van der Waals surface area contributed by atoms with Gasteiger partial charge in [-0.2, -0.15) is 0 Å². The Hall–Kier alpha value is -7.54. The zero-order valence-corrected chi connectivity index (χ0v) is 53.5. The summed E-state index contributed by atoms with van der Waals surface area (Å²) in [5.41, 5.74) is 25.9. The zero-order chi connectivity index (χ0) is 59.2. The molecule has 0 unspecified atom stereocenters. The van der Waals surface area contributed by atoms with Crippen molar-refractivity contribution in [2.45, 2.75) is 162 Å². The van der Waals surface area contributed by atoms with Gasteiger partial charge in [0.2, 0.25) is 0 Å². The number of fused-ring (bicyclic) bond motifs is 14. The highest BCUT2D eigenvalue weighted by Gasteiger charge is 2.49. The molecule has 0 bridgehead atoms. The molecule has 4 nitrogen and oxygen atoms in total. The lowest BCUT2D eigenvalue weighted by atomic mass is 9.43. The predicted octanol–water partition coefficient (Wildman–Crippen LogP) is 21.7. The molecule has 0 N–H and O–H groups in total. The smallest absolute Gasteiger partial charge is 0.333 e. The van der Waals surface area contributed by atoms with E-state index in [1.54, 1.807) is 0 Å². The highest BCUT2D eigenvalue weighted by Crippen LogP contribution is 2.58. The second-order valence-corrected chi connectivity index (χ2v) is 31.4. The summed E-state index contributed by atoms with van der Waals surface area (Å²) in [5, 5.41) is 4.88. The molecule has 426 valence electrons. The van der Waals surface area contributed by atoms with Crippen LogP contribution < -0.4 is 25.5 Å². The van der Waals surface area contributed by atoms with Crippen molar-refractivity contribution in [1.29, 1.82) is 0 Å². The molecule has 0 radical (unpaired) electrons. The van der Waals surface area contributed by atoms with Crippen LogP contribution in [0.2, 0.25) is 0 Å². The standard InChI is InChI=1S/C79H80BN3OS/c1-47-40-60-62(79(14,15)39-38-77(60,10)11)46-65(47)82-66-44-52(81(50-24-20-22-48(41-50)74(2,3)4)51-25-21-23-49(42-51)75(5,6)7)31-34-63(66)80-70-58(45-57-54-26-16-18-28-67(54)84-72(57)71(70)82)69-64(35-32-56-55-27-17-19-29-68(55)85-73(56)69)83(80)53-30-33-59-61(43-53)78(12,13)37-36-76(59,8)9/h16-35,40-46H,36-39H2,1-15H3. The van der Waals surface area contributed by atoms with Crippen LogP contribution >= 0.6 is 11.3 Å². The molecule has 0 saturated heterocycles. The van der Waals surface area contributed by atoms with Crippen LogP contribution in [0, 0.1) is 6.92 Å². The lowest BCUT2D eigenvalue weighted by molar-refractivity contribution is 0.332. The monoisotopic (exact) mass is 1130 g/mol. The van der Waals surface area contributed by atoms with Crippen molar-refractivity contribution < 1.29 is 4.42 Å². The van der Waals surface area contributed by atoms with Crippen LogP contribution in [0.3, 0.4) is 0 Å². The van der Waals surface area contributed by atoms with Gasteiger partial charge in [0.15, 0.2) is 5.58 Å². The second-order valence-electron chi connectivity index (χ2n) is 30.3. The van der Waals surface area contributed by atoms with E-state index in [2.05, 4.69) is 282 Å². The summed E-state index contributed by atoms with van der Waals surface area (Å²) < 4.78 is 10.2. The number of hydrogen-bond donors (Lipinski definition) is 0. The maximum Gasteiger partial charge on any atom is 0.333 e. The van der Waals surface area contributed by atoms with Gasteiger partial charge in [-0.25, -0.2) is 0 Å². The summed E-state index contributed by atoms with van der Waals surface area (Å²) in [4.78, 5) is 7.97. The van der Waals surface area contributed by atoms with E-state index in [1.807, 2.05) is 11.3 Å². The van der Waals surface area contributed by atoms with Crippen LogP contribution in [0.15, 0.2) is 168 Å². The molecule has 4 heterocycles. The molecule has 6 heteroatoms. The normalized spacial score (nSPS) is 17.2. The minimum Gasteiger partial charge on any atom is -0.454 e. The molecule has 2 aromatic heterocycles. The third kappa shape index (κ3) is 8.19. The quantitative estimate of drug-likeness (QED) is 0.160. The third-order valence-electron chi connectivity index (χ3n) is 20.8. The maximum absolute atomic E-state index is 7.54. The van der Waals surface area contributed by atoms with Gasteiger partial charge >= 0.3 is 6.85 Å². The van der Waals surface area contributed by atoms with E-state index in [9.17, 15) is 0 Å². The van der Waals surface area contributed by atoms with E-state index >= 15 is 0 Å². The lowest BCUT2D eigenvalue weighted by Gasteiger charge is -2.48. The SMILES string of the molecule is Cc1cc2c(cc1N1c3cc(N(c4cccc(C(C)(C)C)c4)c4cccc(C(C)(C)C)c4)ccc3B3c4c(cc5c(oc6ccccc65)c41)-c1c(ccc4c1sc1ccccc14)N3c1ccc3c(c1)C(C)(C)CCC3(C)C)C(C)(C)CCC2(C)C. The molecule has 0 atom stereocenters. The summed E-state index contributed by atoms with van der Waals surface area (Å²) in [7, 11) is 0. The molecule has 11 aromatic rings. The lowest BCUT2D eigenvalue weighted by Crippen LogP contribution is -2.61. The first-order chi connectivity index (χ1) is 40.3. The predicted molar refractivity (Wildman–Crippen MR) is 368 cm³/mol. The molecular weight excluding hydrogens is 1050 g/mol. The zero-order valence-electron chi connectivity index (χ0n) is 52.7. The summed E-state index contributed by atoms with van der Waals surface area (Å²) in [6.07, 6.45) is 4.57. The number of aryl methyl sites for hydroxylation is 1. The summed E-state index contributed by atoms with van der Waals surface area (Å²) in [6, 6.07) is 64.0. The number of thiophene rings is 1. The van der Waals surface area contributed by atoms with Crippen LogP contribution in [0.1, 0.15) is 162 Å². The molecular formula is C79H80BN3OS. The van der Waals surface area contributed by atoms with E-state index in [1.165, 1.54) is 98.2 Å². The van der Waals surface area contributed by atoms with E-state index in [4.69, 9.17) is 4.42 Å². The number of furan rings is 1. The molecule has 4 aliphatic rings. The highest BCUT2D eigenvalue weighted by molar-refractivity contribution is 7.26. The van der Waals surface area contributed by atoms with Gasteiger partial charge < -0.3 is 19.0 Å². The van der Waals surface area contributed by atoms with E-state index in [-0.39, 0.29) is 39.3 Å². The molecule has 2 aliphatic carbocycles. The van der Waals surface area contributed by atoms with Crippen LogP contribution in [-0.2, 0) is 32.5 Å². The Bertz CT molecular complexity index is 4570. The van der Waals surface area contributed by atoms with Crippen molar-refractivity contribution in [3.05, 3.63) is 203 Å². The van der Waals surface area contributed by atoms with Gasteiger partial charge in [-0.15, -0.1) is 11.3 Å². The third-order valence-corrected chi connectivity index (χ3v) is 22.0.